The third-order valence-electron chi connectivity index (χ3n) is 2.26. The van der Waals surface area contributed by atoms with Crippen LogP contribution in [-0.2, 0) is 11.2 Å². The van der Waals surface area contributed by atoms with E-state index >= 15 is 0 Å². The Bertz CT molecular complexity index is 358. The Morgan fingerprint density at radius 1 is 1.54 bits per heavy atom. The van der Waals surface area contributed by atoms with Gasteiger partial charge in [-0.15, -0.1) is 0 Å². The van der Waals surface area contributed by atoms with Crippen LogP contribution in [0, 0.1) is 0 Å². The number of nitrogens with one attached hydrogen (secondary N) is 1. The minimum atomic E-state index is 0.0448. The summed E-state index contributed by atoms with van der Waals surface area (Å²) in [7, 11) is 0. The molecule has 13 heavy (non-hydrogen) atoms. The van der Waals surface area contributed by atoms with E-state index in [1.54, 1.807) is 0 Å². The lowest BCUT2D eigenvalue weighted by molar-refractivity contribution is -0.115. The molecule has 1 aromatic rings. The Hall–Kier alpha value is -1.38. The average molecular weight is 176 g/mol. The number of amides is 1. The van der Waals surface area contributed by atoms with Gasteiger partial charge in [-0.05, 0) is 17.5 Å². The number of aromatic nitrogens is 1. The fourth-order valence-corrected chi connectivity index (χ4v) is 1.42. The summed E-state index contributed by atoms with van der Waals surface area (Å²) in [6.45, 7) is 4.22. The van der Waals surface area contributed by atoms with Gasteiger partial charge in [0.2, 0.25) is 5.91 Å². The molecule has 68 valence electrons. The van der Waals surface area contributed by atoms with Gasteiger partial charge in [0.1, 0.15) is 0 Å². The van der Waals surface area contributed by atoms with Crippen LogP contribution in [0.1, 0.15) is 31.0 Å². The van der Waals surface area contributed by atoms with Crippen molar-refractivity contribution in [3.63, 3.8) is 0 Å². The first-order valence-electron chi connectivity index (χ1n) is 4.45. The monoisotopic (exact) mass is 176 g/mol. The minimum Gasteiger partial charge on any atom is -0.324 e. The third kappa shape index (κ3) is 1.41. The number of carbonyl (C=O) groups excluding carboxylic acids is 1. The lowest BCUT2D eigenvalue weighted by Gasteiger charge is -2.05. The Labute approximate surface area is 77.2 Å². The molecule has 1 N–H and O–H groups in total. The minimum absolute atomic E-state index is 0.0448. The molecule has 0 aromatic carbocycles. The van der Waals surface area contributed by atoms with Gasteiger partial charge in [0.05, 0.1) is 17.8 Å². The first-order valence-corrected chi connectivity index (χ1v) is 4.45. The number of fused-ring (bicyclic) bond motifs is 1. The zero-order chi connectivity index (χ0) is 9.42. The van der Waals surface area contributed by atoms with Gasteiger partial charge in [-0.25, -0.2) is 0 Å². The fraction of sp³-hybridized carbons (Fsp3) is 0.400. The van der Waals surface area contributed by atoms with Crippen molar-refractivity contribution in [3.05, 3.63) is 23.5 Å². The highest BCUT2D eigenvalue weighted by Crippen LogP contribution is 2.24. The van der Waals surface area contributed by atoms with Gasteiger partial charge in [0.25, 0.3) is 0 Å². The molecule has 0 fully saturated rings. The molecule has 3 heteroatoms. The van der Waals surface area contributed by atoms with Gasteiger partial charge in [0.15, 0.2) is 0 Å². The summed E-state index contributed by atoms with van der Waals surface area (Å²) in [6.07, 6.45) is 2.28. The maximum absolute atomic E-state index is 11.0. The van der Waals surface area contributed by atoms with Gasteiger partial charge >= 0.3 is 0 Å². The molecule has 0 unspecified atom stereocenters. The van der Waals surface area contributed by atoms with Gasteiger partial charge < -0.3 is 5.32 Å². The molecule has 2 rings (SSSR count). The van der Waals surface area contributed by atoms with Crippen LogP contribution in [-0.4, -0.2) is 10.9 Å². The molecule has 0 radical (unpaired) electrons. The molecule has 0 atom stereocenters. The molecule has 2 heterocycles. The van der Waals surface area contributed by atoms with Crippen molar-refractivity contribution < 1.29 is 4.79 Å². The summed E-state index contributed by atoms with van der Waals surface area (Å²) in [5, 5.41) is 2.79. The number of nitrogens with zero attached hydrogens (tertiary/aromatic N) is 1. The van der Waals surface area contributed by atoms with E-state index in [4.69, 9.17) is 0 Å². The lowest BCUT2D eigenvalue weighted by atomic mass is 10.1. The van der Waals surface area contributed by atoms with E-state index in [2.05, 4.69) is 24.1 Å². The van der Waals surface area contributed by atoms with Crippen LogP contribution in [0.3, 0.4) is 0 Å². The van der Waals surface area contributed by atoms with Crippen LogP contribution in [0.4, 0.5) is 5.69 Å². The average Bonchev–Trinajstić information content (AvgIpc) is 2.42. The second kappa shape index (κ2) is 2.83. The predicted molar refractivity (Wildman–Crippen MR) is 50.7 cm³/mol. The first kappa shape index (κ1) is 8.23. The van der Waals surface area contributed by atoms with Gasteiger partial charge in [-0.3, -0.25) is 9.78 Å². The number of hydrogen-bond acceptors (Lipinski definition) is 2. The highest BCUT2D eigenvalue weighted by Gasteiger charge is 2.19. The van der Waals surface area contributed by atoms with Crippen LogP contribution < -0.4 is 5.32 Å². The Balaban J connectivity index is 2.40. The van der Waals surface area contributed by atoms with Crippen molar-refractivity contribution in [2.24, 2.45) is 0 Å². The largest absolute Gasteiger partial charge is 0.324 e. The van der Waals surface area contributed by atoms with E-state index in [0.29, 0.717) is 12.3 Å². The molecule has 1 aromatic heterocycles. The predicted octanol–water partition coefficient (Wildman–Crippen LogP) is 1.70. The van der Waals surface area contributed by atoms with E-state index in [1.165, 1.54) is 5.56 Å². The Kier molecular flexibility index (Phi) is 1.79. The van der Waals surface area contributed by atoms with Gasteiger partial charge in [-0.2, -0.15) is 0 Å². The molecule has 0 spiro atoms. The van der Waals surface area contributed by atoms with Gasteiger partial charge in [0, 0.05) is 6.20 Å². The van der Waals surface area contributed by atoms with Crippen molar-refractivity contribution in [2.45, 2.75) is 26.2 Å². The topological polar surface area (TPSA) is 42.0 Å². The quantitative estimate of drug-likeness (QED) is 0.707. The summed E-state index contributed by atoms with van der Waals surface area (Å²) < 4.78 is 0. The highest BCUT2D eigenvalue weighted by atomic mass is 16.1. The maximum atomic E-state index is 11.0. The normalized spacial score (nSPS) is 14.5. The summed E-state index contributed by atoms with van der Waals surface area (Å²) in [4.78, 5) is 15.3. The lowest BCUT2D eigenvalue weighted by Crippen LogP contribution is -2.03. The number of hydrogen-bond donors (Lipinski definition) is 1. The maximum Gasteiger partial charge on any atom is 0.230 e. The van der Waals surface area contributed by atoms with Crippen LogP contribution in [0.25, 0.3) is 0 Å². The summed E-state index contributed by atoms with van der Waals surface area (Å²) in [5.41, 5.74) is 2.92. The smallest absolute Gasteiger partial charge is 0.230 e. The molecule has 0 saturated heterocycles. The Morgan fingerprint density at radius 3 is 3.00 bits per heavy atom. The third-order valence-corrected chi connectivity index (χ3v) is 2.26. The van der Waals surface area contributed by atoms with Crippen molar-refractivity contribution in [3.8, 4) is 0 Å². The zero-order valence-corrected chi connectivity index (χ0v) is 7.79. The second-order valence-corrected chi connectivity index (χ2v) is 3.64. The first-order chi connectivity index (χ1) is 6.16. The molecular formula is C10H12N2O. The van der Waals surface area contributed by atoms with Crippen molar-refractivity contribution in [1.82, 2.24) is 4.98 Å². The van der Waals surface area contributed by atoms with Crippen molar-refractivity contribution in [2.75, 3.05) is 5.32 Å². The summed E-state index contributed by atoms with van der Waals surface area (Å²) in [5.74, 6) is 0.499. The van der Waals surface area contributed by atoms with Crippen LogP contribution in [0.5, 0.6) is 0 Å². The number of rotatable bonds is 1. The van der Waals surface area contributed by atoms with E-state index in [1.807, 2.05) is 12.3 Å². The standard InChI is InChI=1S/C10H12N2O/c1-6(2)7-3-9-8(11-5-7)4-10(13)12-9/h3,5-6H,4H2,1-2H3,(H,12,13). The number of anilines is 1. The molecule has 3 nitrogen and oxygen atoms in total. The van der Waals surface area contributed by atoms with Crippen LogP contribution in [0.15, 0.2) is 12.3 Å². The van der Waals surface area contributed by atoms with E-state index in [0.717, 1.165) is 11.4 Å². The molecule has 1 aliphatic rings. The van der Waals surface area contributed by atoms with Gasteiger partial charge in [-0.1, -0.05) is 13.8 Å². The van der Waals surface area contributed by atoms with Crippen molar-refractivity contribution >= 4 is 11.6 Å². The second-order valence-electron chi connectivity index (χ2n) is 3.64. The summed E-state index contributed by atoms with van der Waals surface area (Å²) >= 11 is 0. The molecule has 0 aliphatic carbocycles. The van der Waals surface area contributed by atoms with Crippen LogP contribution in [0.2, 0.25) is 0 Å². The van der Waals surface area contributed by atoms with E-state index < -0.39 is 0 Å². The molecule has 1 amide bonds. The van der Waals surface area contributed by atoms with Crippen LogP contribution >= 0.6 is 0 Å². The summed E-state index contributed by atoms with van der Waals surface area (Å²) in [6, 6.07) is 2.01. The fourth-order valence-electron chi connectivity index (χ4n) is 1.42. The number of pyridine rings is 1. The molecule has 0 bridgehead atoms. The Morgan fingerprint density at radius 2 is 2.31 bits per heavy atom. The zero-order valence-electron chi connectivity index (χ0n) is 7.79. The van der Waals surface area contributed by atoms with Crippen molar-refractivity contribution in [1.29, 1.82) is 0 Å². The highest BCUT2D eigenvalue weighted by molar-refractivity contribution is 5.98. The SMILES string of the molecule is CC(C)c1cnc2c(c1)NC(=O)C2. The molecular weight excluding hydrogens is 164 g/mol. The molecule has 1 aliphatic heterocycles. The van der Waals surface area contributed by atoms with E-state index in [-0.39, 0.29) is 5.91 Å². The molecule has 0 saturated carbocycles. The number of carbonyl (C=O) groups is 1. The van der Waals surface area contributed by atoms with E-state index in [9.17, 15) is 4.79 Å².